The summed E-state index contributed by atoms with van der Waals surface area (Å²) in [7, 11) is 1.78. The number of guanidine groups is 1. The van der Waals surface area contributed by atoms with Crippen LogP contribution in [0.5, 0.6) is 0 Å². The maximum absolute atomic E-state index is 13.0. The van der Waals surface area contributed by atoms with E-state index in [1.807, 2.05) is 24.3 Å². The Kier molecular flexibility index (Phi) is 9.56. The van der Waals surface area contributed by atoms with Crippen molar-refractivity contribution >= 4 is 35.6 Å². The molecule has 0 saturated carbocycles. The first-order valence-electron chi connectivity index (χ1n) is 9.44. The highest BCUT2D eigenvalue weighted by molar-refractivity contribution is 14.0. The molecule has 0 bridgehead atoms. The smallest absolute Gasteiger partial charge is 0.191 e. The molecule has 1 aliphatic rings. The lowest BCUT2D eigenvalue weighted by Gasteiger charge is -2.36. The summed E-state index contributed by atoms with van der Waals surface area (Å²) in [6.07, 6.45) is 2.53. The van der Waals surface area contributed by atoms with E-state index in [1.54, 1.807) is 13.3 Å². The van der Waals surface area contributed by atoms with Crippen LogP contribution < -0.4 is 15.5 Å². The summed E-state index contributed by atoms with van der Waals surface area (Å²) < 4.78 is 18.4. The van der Waals surface area contributed by atoms with Crippen molar-refractivity contribution in [1.29, 1.82) is 0 Å². The maximum Gasteiger partial charge on any atom is 0.191 e. The van der Waals surface area contributed by atoms with Crippen LogP contribution in [0.1, 0.15) is 5.76 Å². The van der Waals surface area contributed by atoms with Crippen LogP contribution in [-0.2, 0) is 6.42 Å². The monoisotopic (exact) mass is 501 g/mol. The Labute approximate surface area is 183 Å². The van der Waals surface area contributed by atoms with Gasteiger partial charge < -0.3 is 20.0 Å². The third-order valence-electron chi connectivity index (χ3n) is 4.75. The largest absolute Gasteiger partial charge is 0.469 e. The van der Waals surface area contributed by atoms with Crippen molar-refractivity contribution < 1.29 is 8.81 Å². The molecule has 28 heavy (non-hydrogen) atoms. The zero-order chi connectivity index (χ0) is 18.9. The number of benzene rings is 1. The van der Waals surface area contributed by atoms with Gasteiger partial charge in [0, 0.05) is 65.0 Å². The lowest BCUT2D eigenvalue weighted by Crippen LogP contribution is -2.49. The van der Waals surface area contributed by atoms with Gasteiger partial charge in [-0.25, -0.2) is 4.39 Å². The quantitative estimate of drug-likeness (QED) is 0.347. The number of nitrogens with zero attached hydrogens (tertiary/aromatic N) is 3. The minimum absolute atomic E-state index is 0. The Morgan fingerprint density at radius 1 is 1.07 bits per heavy atom. The first-order chi connectivity index (χ1) is 13.2. The molecule has 3 rings (SSSR count). The number of hydrogen-bond donors (Lipinski definition) is 2. The Balaban J connectivity index is 0.00000280. The van der Waals surface area contributed by atoms with Gasteiger partial charge in [-0.3, -0.25) is 9.89 Å². The van der Waals surface area contributed by atoms with Gasteiger partial charge in [0.2, 0.25) is 0 Å². The zero-order valence-corrected chi connectivity index (χ0v) is 18.6. The minimum Gasteiger partial charge on any atom is -0.469 e. The fraction of sp³-hybridized carbons (Fsp3) is 0.450. The van der Waals surface area contributed by atoms with E-state index in [2.05, 4.69) is 25.4 Å². The van der Waals surface area contributed by atoms with E-state index in [0.717, 1.165) is 69.6 Å². The molecular weight excluding hydrogens is 472 g/mol. The number of piperazine rings is 1. The van der Waals surface area contributed by atoms with Gasteiger partial charge >= 0.3 is 0 Å². The van der Waals surface area contributed by atoms with Crippen LogP contribution in [0.25, 0.3) is 0 Å². The molecule has 8 heteroatoms. The predicted molar refractivity (Wildman–Crippen MR) is 122 cm³/mol. The summed E-state index contributed by atoms with van der Waals surface area (Å²) in [5, 5.41) is 6.66. The van der Waals surface area contributed by atoms with Crippen molar-refractivity contribution in [2.45, 2.75) is 6.42 Å². The molecule has 2 heterocycles. The Morgan fingerprint density at radius 3 is 2.43 bits per heavy atom. The summed E-state index contributed by atoms with van der Waals surface area (Å²) in [6, 6.07) is 10.6. The Hall–Kier alpha value is -1.81. The molecule has 154 valence electrons. The molecule has 1 aromatic heterocycles. The van der Waals surface area contributed by atoms with Gasteiger partial charge in [-0.05, 0) is 36.4 Å². The lowest BCUT2D eigenvalue weighted by molar-refractivity contribution is 0.261. The molecule has 2 aromatic rings. The summed E-state index contributed by atoms with van der Waals surface area (Å²) >= 11 is 0. The molecule has 1 fully saturated rings. The number of hydrogen-bond acceptors (Lipinski definition) is 4. The molecular formula is C20H29FIN5O. The average Bonchev–Trinajstić information content (AvgIpc) is 3.21. The topological polar surface area (TPSA) is 56.0 Å². The summed E-state index contributed by atoms with van der Waals surface area (Å²) in [5.41, 5.74) is 1.09. The molecule has 0 unspecified atom stereocenters. The molecule has 0 aliphatic carbocycles. The SMILES string of the molecule is CN=C(NCCc1ccco1)NCCN1CCN(c2ccc(F)cc2)CC1.I. The number of aliphatic imine (C=N–C) groups is 1. The van der Waals surface area contributed by atoms with Crippen molar-refractivity contribution in [2.24, 2.45) is 4.99 Å². The third-order valence-corrected chi connectivity index (χ3v) is 4.75. The van der Waals surface area contributed by atoms with E-state index in [-0.39, 0.29) is 29.8 Å². The van der Waals surface area contributed by atoms with Crippen LogP contribution in [0.15, 0.2) is 52.1 Å². The molecule has 0 atom stereocenters. The van der Waals surface area contributed by atoms with Gasteiger partial charge in [0.25, 0.3) is 0 Å². The molecule has 1 saturated heterocycles. The zero-order valence-electron chi connectivity index (χ0n) is 16.2. The fourth-order valence-electron chi connectivity index (χ4n) is 3.19. The number of rotatable bonds is 7. The Bertz CT molecular complexity index is 700. The highest BCUT2D eigenvalue weighted by Crippen LogP contribution is 2.16. The number of anilines is 1. The van der Waals surface area contributed by atoms with Crippen molar-refractivity contribution in [3.8, 4) is 0 Å². The van der Waals surface area contributed by atoms with Crippen LogP contribution in [0, 0.1) is 5.82 Å². The second-order valence-electron chi connectivity index (χ2n) is 6.56. The van der Waals surface area contributed by atoms with Crippen LogP contribution in [0.2, 0.25) is 0 Å². The van der Waals surface area contributed by atoms with Gasteiger partial charge in [-0.15, -0.1) is 24.0 Å². The van der Waals surface area contributed by atoms with E-state index in [1.165, 1.54) is 12.1 Å². The number of halogens is 2. The average molecular weight is 501 g/mol. The number of furan rings is 1. The van der Waals surface area contributed by atoms with Crippen LogP contribution >= 0.6 is 24.0 Å². The van der Waals surface area contributed by atoms with Gasteiger partial charge in [0.15, 0.2) is 5.96 Å². The van der Waals surface area contributed by atoms with Crippen molar-refractivity contribution in [3.05, 3.63) is 54.2 Å². The second kappa shape index (κ2) is 11.9. The van der Waals surface area contributed by atoms with Crippen LogP contribution in [0.3, 0.4) is 0 Å². The van der Waals surface area contributed by atoms with Gasteiger partial charge in [0.1, 0.15) is 11.6 Å². The number of nitrogens with one attached hydrogen (secondary N) is 2. The normalized spacial score (nSPS) is 15.2. The lowest BCUT2D eigenvalue weighted by atomic mass is 10.2. The van der Waals surface area contributed by atoms with Crippen LogP contribution in [0.4, 0.5) is 10.1 Å². The second-order valence-corrected chi connectivity index (χ2v) is 6.56. The Morgan fingerprint density at radius 2 is 1.79 bits per heavy atom. The highest BCUT2D eigenvalue weighted by Gasteiger charge is 2.16. The summed E-state index contributed by atoms with van der Waals surface area (Å²) in [5.74, 6) is 1.60. The van der Waals surface area contributed by atoms with Crippen molar-refractivity contribution in [3.63, 3.8) is 0 Å². The molecule has 0 radical (unpaired) electrons. The first-order valence-corrected chi connectivity index (χ1v) is 9.44. The highest BCUT2D eigenvalue weighted by atomic mass is 127. The first kappa shape index (κ1) is 22.5. The third kappa shape index (κ3) is 6.97. The van der Waals surface area contributed by atoms with E-state index >= 15 is 0 Å². The van der Waals surface area contributed by atoms with Crippen molar-refractivity contribution in [2.75, 3.05) is 57.8 Å². The van der Waals surface area contributed by atoms with Crippen molar-refractivity contribution in [1.82, 2.24) is 15.5 Å². The van der Waals surface area contributed by atoms with Crippen LogP contribution in [-0.4, -0.2) is 63.7 Å². The van der Waals surface area contributed by atoms with E-state index in [9.17, 15) is 4.39 Å². The molecule has 6 nitrogen and oxygen atoms in total. The molecule has 1 aliphatic heterocycles. The van der Waals surface area contributed by atoms with E-state index in [0.29, 0.717) is 0 Å². The molecule has 0 amide bonds. The van der Waals surface area contributed by atoms with Gasteiger partial charge in [0.05, 0.1) is 6.26 Å². The molecule has 1 aromatic carbocycles. The summed E-state index contributed by atoms with van der Waals surface area (Å²) in [6.45, 7) is 6.52. The molecule has 2 N–H and O–H groups in total. The predicted octanol–water partition coefficient (Wildman–Crippen LogP) is 2.57. The maximum atomic E-state index is 13.0. The summed E-state index contributed by atoms with van der Waals surface area (Å²) in [4.78, 5) is 8.99. The minimum atomic E-state index is -0.186. The van der Waals surface area contributed by atoms with E-state index in [4.69, 9.17) is 4.42 Å². The van der Waals surface area contributed by atoms with Gasteiger partial charge in [-0.1, -0.05) is 0 Å². The van der Waals surface area contributed by atoms with Gasteiger partial charge in [-0.2, -0.15) is 0 Å². The molecule has 0 spiro atoms. The fourth-order valence-corrected chi connectivity index (χ4v) is 3.19. The standard InChI is InChI=1S/C20H28FN5O.HI/c1-22-20(23-9-8-19-3-2-16-27-19)24-10-11-25-12-14-26(15-13-25)18-6-4-17(21)5-7-18;/h2-7,16H,8-15H2,1H3,(H2,22,23,24);1H. The van der Waals surface area contributed by atoms with E-state index < -0.39 is 0 Å².